The van der Waals surface area contributed by atoms with Gasteiger partial charge >= 0.3 is 6.09 Å². The lowest BCUT2D eigenvalue weighted by molar-refractivity contribution is -0.117. The first kappa shape index (κ1) is 23.6. The molecule has 8 nitrogen and oxygen atoms in total. The Hall–Kier alpha value is -2.07. The highest BCUT2D eigenvalue weighted by Gasteiger charge is 2.49. The van der Waals surface area contributed by atoms with Crippen LogP contribution in [0.4, 0.5) is 10.5 Å². The van der Waals surface area contributed by atoms with Crippen LogP contribution in [0, 0.1) is 13.8 Å². The Labute approximate surface area is 187 Å². The molecule has 3 rings (SSSR count). The first-order valence-corrected chi connectivity index (χ1v) is 12.9. The maximum atomic E-state index is 12.5. The number of fused-ring (bicyclic) bond motifs is 1. The van der Waals surface area contributed by atoms with E-state index in [-0.39, 0.29) is 41.7 Å². The number of hydrogen-bond donors (Lipinski definition) is 1. The van der Waals surface area contributed by atoms with E-state index in [4.69, 9.17) is 4.74 Å². The van der Waals surface area contributed by atoms with Crippen molar-refractivity contribution in [1.82, 2.24) is 5.32 Å². The second kappa shape index (κ2) is 8.82. The lowest BCUT2D eigenvalue weighted by Gasteiger charge is -2.26. The summed E-state index contributed by atoms with van der Waals surface area (Å²) >= 11 is 1.34. The zero-order valence-corrected chi connectivity index (χ0v) is 20.1. The van der Waals surface area contributed by atoms with Gasteiger partial charge in [-0.2, -0.15) is 4.99 Å². The van der Waals surface area contributed by atoms with Crippen LogP contribution in [-0.4, -0.2) is 60.5 Å². The molecule has 0 saturated carbocycles. The maximum Gasteiger partial charge on any atom is 0.407 e. The fourth-order valence-electron chi connectivity index (χ4n) is 3.57. The average molecular weight is 468 g/mol. The number of thioether (sulfide) groups is 1. The number of carbonyl (C=O) groups is 2. The number of aliphatic imine (C=N–C) groups is 1. The van der Waals surface area contributed by atoms with Gasteiger partial charge in [-0.1, -0.05) is 23.9 Å². The monoisotopic (exact) mass is 467 g/mol. The van der Waals surface area contributed by atoms with E-state index in [0.717, 1.165) is 16.8 Å². The molecular weight excluding hydrogens is 438 g/mol. The van der Waals surface area contributed by atoms with Gasteiger partial charge < -0.3 is 15.0 Å². The molecule has 2 amide bonds. The van der Waals surface area contributed by atoms with Crippen LogP contribution in [0.5, 0.6) is 0 Å². The summed E-state index contributed by atoms with van der Waals surface area (Å²) in [6, 6.07) is 5.72. The number of benzene rings is 1. The Balaban J connectivity index is 1.75. The summed E-state index contributed by atoms with van der Waals surface area (Å²) < 4.78 is 29.6. The number of amides is 2. The van der Waals surface area contributed by atoms with Crippen LogP contribution in [0.1, 0.15) is 38.3 Å². The normalized spacial score (nSPS) is 23.6. The summed E-state index contributed by atoms with van der Waals surface area (Å²) in [5, 5.41) is 2.91. The van der Waals surface area contributed by atoms with Gasteiger partial charge in [-0.15, -0.1) is 0 Å². The number of rotatable bonds is 4. The van der Waals surface area contributed by atoms with E-state index >= 15 is 0 Å². The summed E-state index contributed by atoms with van der Waals surface area (Å²) in [7, 11) is -3.12. The number of alkyl carbamates (subject to hydrolysis) is 1. The van der Waals surface area contributed by atoms with Crippen molar-refractivity contribution in [3.8, 4) is 0 Å². The molecule has 2 heterocycles. The van der Waals surface area contributed by atoms with Crippen molar-refractivity contribution in [3.05, 3.63) is 29.3 Å². The molecular formula is C21H29N3O5S2. The summed E-state index contributed by atoms with van der Waals surface area (Å²) in [6.45, 7) is 9.33. The van der Waals surface area contributed by atoms with Crippen LogP contribution in [0.3, 0.4) is 0 Å². The zero-order chi connectivity index (χ0) is 23.0. The summed E-state index contributed by atoms with van der Waals surface area (Å²) in [5.74, 6) is -0.251. The Morgan fingerprint density at radius 2 is 1.97 bits per heavy atom. The van der Waals surface area contributed by atoms with Crippen LogP contribution < -0.4 is 10.2 Å². The molecule has 170 valence electrons. The summed E-state index contributed by atoms with van der Waals surface area (Å²) in [5.41, 5.74) is 2.29. The van der Waals surface area contributed by atoms with Gasteiger partial charge in [0, 0.05) is 23.9 Å². The second-order valence-corrected chi connectivity index (χ2v) is 12.3. The molecule has 1 N–H and O–H groups in total. The molecule has 2 saturated heterocycles. The fourth-order valence-corrected chi connectivity index (χ4v) is 7.50. The minimum atomic E-state index is -3.12. The van der Waals surface area contributed by atoms with Gasteiger partial charge in [-0.25, -0.2) is 13.2 Å². The van der Waals surface area contributed by atoms with E-state index < -0.39 is 21.5 Å². The van der Waals surface area contributed by atoms with Gasteiger partial charge in [0.1, 0.15) is 5.60 Å². The predicted molar refractivity (Wildman–Crippen MR) is 124 cm³/mol. The number of ether oxygens (including phenoxy) is 1. The van der Waals surface area contributed by atoms with Gasteiger partial charge in [0.05, 0.1) is 17.5 Å². The number of nitrogens with one attached hydrogen (secondary N) is 1. The number of anilines is 1. The van der Waals surface area contributed by atoms with Crippen LogP contribution >= 0.6 is 11.8 Å². The molecule has 1 aromatic carbocycles. The van der Waals surface area contributed by atoms with E-state index in [9.17, 15) is 18.0 Å². The van der Waals surface area contributed by atoms with E-state index in [1.807, 2.05) is 36.9 Å². The van der Waals surface area contributed by atoms with Crippen LogP contribution in [0.2, 0.25) is 0 Å². The van der Waals surface area contributed by atoms with Crippen molar-refractivity contribution in [3.63, 3.8) is 0 Å². The smallest absolute Gasteiger partial charge is 0.407 e. The molecule has 2 fully saturated rings. The molecule has 1 aromatic rings. The topological polar surface area (TPSA) is 105 Å². The third kappa shape index (κ3) is 6.00. The number of aryl methyl sites for hydroxylation is 2. The number of amidine groups is 1. The Kier molecular flexibility index (Phi) is 6.71. The quantitative estimate of drug-likeness (QED) is 0.726. The molecule has 2 aliphatic heterocycles. The molecule has 0 aliphatic carbocycles. The molecule has 0 bridgehead atoms. The third-order valence-corrected chi connectivity index (χ3v) is 8.13. The number of nitrogens with zero attached hydrogens (tertiary/aromatic N) is 2. The van der Waals surface area contributed by atoms with Crippen molar-refractivity contribution in [1.29, 1.82) is 0 Å². The summed E-state index contributed by atoms with van der Waals surface area (Å²) in [4.78, 5) is 30.4. The second-order valence-electron chi connectivity index (χ2n) is 8.93. The molecule has 2 aliphatic rings. The molecule has 0 aromatic heterocycles. The largest absolute Gasteiger partial charge is 0.444 e. The highest BCUT2D eigenvalue weighted by atomic mass is 32.2. The first-order valence-electron chi connectivity index (χ1n) is 10.2. The highest BCUT2D eigenvalue weighted by Crippen LogP contribution is 2.42. The predicted octanol–water partition coefficient (Wildman–Crippen LogP) is 2.82. The molecule has 0 radical (unpaired) electrons. The Morgan fingerprint density at radius 1 is 1.26 bits per heavy atom. The Morgan fingerprint density at radius 3 is 2.65 bits per heavy atom. The van der Waals surface area contributed by atoms with Gasteiger partial charge in [0.15, 0.2) is 15.0 Å². The molecule has 2 atom stereocenters. The Bertz CT molecular complexity index is 1010. The standard InChI is InChI=1S/C21H29N3O5S2/c1-13-6-7-14(2)15(10-13)24-16-11-31(27,28)12-17(16)30-19(24)23-18(25)8-9-22-20(26)29-21(3,4)5/h6-7,10,16-17H,8-9,11-12H2,1-5H3,(H,22,26)/t16-,17-/m1/s1. The van der Waals surface area contributed by atoms with Crippen molar-refractivity contribution in [2.75, 3.05) is 23.0 Å². The van der Waals surface area contributed by atoms with Crippen molar-refractivity contribution >= 4 is 44.5 Å². The first-order chi connectivity index (χ1) is 14.3. The number of sulfone groups is 1. The average Bonchev–Trinajstić information content (AvgIpc) is 3.06. The van der Waals surface area contributed by atoms with E-state index in [1.165, 1.54) is 11.8 Å². The van der Waals surface area contributed by atoms with Crippen molar-refractivity contribution < 1.29 is 22.7 Å². The molecule has 0 unspecified atom stereocenters. The number of carbonyl (C=O) groups excluding carboxylic acids is 2. The van der Waals surface area contributed by atoms with Gasteiger partial charge in [-0.3, -0.25) is 4.79 Å². The lowest BCUT2D eigenvalue weighted by atomic mass is 10.1. The van der Waals surface area contributed by atoms with E-state index in [1.54, 1.807) is 20.8 Å². The zero-order valence-electron chi connectivity index (χ0n) is 18.5. The SMILES string of the molecule is Cc1ccc(C)c(N2C(=NC(=O)CCNC(=O)OC(C)(C)C)S[C@@H]3CS(=O)(=O)C[C@H]32)c1. The maximum absolute atomic E-state index is 12.5. The minimum Gasteiger partial charge on any atom is -0.444 e. The highest BCUT2D eigenvalue weighted by molar-refractivity contribution is 8.16. The van der Waals surface area contributed by atoms with Gasteiger partial charge in [0.25, 0.3) is 0 Å². The minimum absolute atomic E-state index is 0.0254. The van der Waals surface area contributed by atoms with Gasteiger partial charge in [-0.05, 0) is 51.8 Å². The molecule has 10 heteroatoms. The van der Waals surface area contributed by atoms with E-state index in [2.05, 4.69) is 10.3 Å². The molecule has 31 heavy (non-hydrogen) atoms. The van der Waals surface area contributed by atoms with Gasteiger partial charge in [0.2, 0.25) is 5.91 Å². The molecule has 0 spiro atoms. The van der Waals surface area contributed by atoms with Crippen molar-refractivity contribution in [2.24, 2.45) is 4.99 Å². The number of hydrogen-bond acceptors (Lipinski definition) is 6. The van der Waals surface area contributed by atoms with Crippen LogP contribution in [0.25, 0.3) is 0 Å². The lowest BCUT2D eigenvalue weighted by Crippen LogP contribution is -2.38. The third-order valence-electron chi connectivity index (χ3n) is 4.92. The van der Waals surface area contributed by atoms with Crippen molar-refractivity contribution in [2.45, 2.75) is 57.9 Å². The summed E-state index contributed by atoms with van der Waals surface area (Å²) in [6.07, 6.45) is -0.558. The van der Waals surface area contributed by atoms with Crippen LogP contribution in [-0.2, 0) is 19.4 Å². The van der Waals surface area contributed by atoms with Crippen LogP contribution in [0.15, 0.2) is 23.2 Å². The fraction of sp³-hybridized carbons (Fsp3) is 0.571. The van der Waals surface area contributed by atoms with E-state index in [0.29, 0.717) is 5.17 Å².